The van der Waals surface area contributed by atoms with Gasteiger partial charge < -0.3 is 19.9 Å². The van der Waals surface area contributed by atoms with E-state index in [-0.39, 0.29) is 30.0 Å². The van der Waals surface area contributed by atoms with Crippen LogP contribution in [0.5, 0.6) is 0 Å². The second-order valence-corrected chi connectivity index (χ2v) is 6.91. The maximum atomic E-state index is 5.63. The number of nitrogens with one attached hydrogen (secondary N) is 2. The topological polar surface area (TPSA) is 76.4 Å². The summed E-state index contributed by atoms with van der Waals surface area (Å²) in [7, 11) is 1.96. The molecule has 162 valence electrons. The number of ether oxygens (including phenoxy) is 1. The molecule has 0 amide bonds. The van der Waals surface area contributed by atoms with Crippen molar-refractivity contribution in [1.82, 2.24) is 25.4 Å². The third-order valence-electron chi connectivity index (χ3n) is 4.61. The molecule has 0 aliphatic heterocycles. The Kier molecular flexibility index (Phi) is 12.5. The predicted molar refractivity (Wildman–Crippen MR) is 129 cm³/mol. The summed E-state index contributed by atoms with van der Waals surface area (Å²) in [6.07, 6.45) is 3.22. The molecule has 1 aromatic carbocycles. The lowest BCUT2D eigenvalue weighted by Crippen LogP contribution is -2.39. The number of rotatable bonds is 11. The lowest BCUT2D eigenvalue weighted by Gasteiger charge is -2.19. The van der Waals surface area contributed by atoms with Gasteiger partial charge in [-0.1, -0.05) is 43.7 Å². The van der Waals surface area contributed by atoms with E-state index in [0.29, 0.717) is 6.54 Å². The number of unbranched alkanes of at least 4 members (excludes halogenated alkanes) is 1. The van der Waals surface area contributed by atoms with Crippen LogP contribution in [0, 0.1) is 6.92 Å². The van der Waals surface area contributed by atoms with E-state index in [0.717, 1.165) is 56.6 Å². The van der Waals surface area contributed by atoms with Crippen LogP contribution in [0.25, 0.3) is 0 Å². The Bertz CT molecular complexity index is 719. The van der Waals surface area contributed by atoms with Crippen LogP contribution < -0.4 is 10.6 Å². The summed E-state index contributed by atoms with van der Waals surface area (Å²) in [5.74, 6) is 2.49. The summed E-state index contributed by atoms with van der Waals surface area (Å²) in [4.78, 5) is 4.71. The second kappa shape index (κ2) is 14.3. The number of guanidine groups is 1. The molecule has 1 atom stereocenters. The minimum absolute atomic E-state index is 0. The van der Waals surface area contributed by atoms with Crippen molar-refractivity contribution in [2.75, 3.05) is 19.8 Å². The third-order valence-corrected chi connectivity index (χ3v) is 4.61. The van der Waals surface area contributed by atoms with Crippen molar-refractivity contribution in [2.45, 2.75) is 52.6 Å². The molecule has 0 aliphatic rings. The van der Waals surface area contributed by atoms with Gasteiger partial charge >= 0.3 is 0 Å². The van der Waals surface area contributed by atoms with Gasteiger partial charge in [0.05, 0.1) is 6.04 Å². The molecule has 2 rings (SSSR count). The van der Waals surface area contributed by atoms with Crippen LogP contribution in [0.2, 0.25) is 0 Å². The van der Waals surface area contributed by atoms with Gasteiger partial charge in [0, 0.05) is 26.8 Å². The zero-order valence-electron chi connectivity index (χ0n) is 18.0. The molecule has 1 unspecified atom stereocenters. The van der Waals surface area contributed by atoms with E-state index in [2.05, 4.69) is 46.8 Å². The van der Waals surface area contributed by atoms with Crippen molar-refractivity contribution < 1.29 is 4.74 Å². The summed E-state index contributed by atoms with van der Waals surface area (Å²) >= 11 is 0. The Morgan fingerprint density at radius 2 is 1.90 bits per heavy atom. The quantitative estimate of drug-likeness (QED) is 0.207. The van der Waals surface area contributed by atoms with Crippen LogP contribution >= 0.6 is 24.0 Å². The van der Waals surface area contributed by atoms with Gasteiger partial charge in [-0.15, -0.1) is 34.2 Å². The average molecular weight is 514 g/mol. The second-order valence-electron chi connectivity index (χ2n) is 6.91. The number of aryl methyl sites for hydroxylation is 1. The predicted octanol–water partition coefficient (Wildman–Crippen LogP) is 3.74. The van der Waals surface area contributed by atoms with Crippen LogP contribution in [0.4, 0.5) is 0 Å². The Hall–Kier alpha value is -1.68. The molecule has 0 aliphatic carbocycles. The van der Waals surface area contributed by atoms with Crippen molar-refractivity contribution in [1.29, 1.82) is 0 Å². The van der Waals surface area contributed by atoms with E-state index >= 15 is 0 Å². The first-order valence-electron chi connectivity index (χ1n) is 10.1. The SMILES string of the molecule is CCCCOCCCNC(=NCc1nnc(C)n1C)NC(C)c1ccccc1.I. The van der Waals surface area contributed by atoms with Crippen molar-refractivity contribution >= 4 is 29.9 Å². The van der Waals surface area contributed by atoms with Crippen LogP contribution in [-0.4, -0.2) is 40.5 Å². The number of nitrogens with zero attached hydrogens (tertiary/aromatic N) is 4. The molecule has 0 bridgehead atoms. The molecule has 0 spiro atoms. The highest BCUT2D eigenvalue weighted by atomic mass is 127. The number of halogens is 1. The molecule has 7 nitrogen and oxygen atoms in total. The number of hydrogen-bond acceptors (Lipinski definition) is 4. The molecular formula is C21H35IN6O. The van der Waals surface area contributed by atoms with Crippen molar-refractivity contribution in [3.63, 3.8) is 0 Å². The van der Waals surface area contributed by atoms with E-state index in [1.165, 1.54) is 5.56 Å². The number of hydrogen-bond donors (Lipinski definition) is 2. The fourth-order valence-corrected chi connectivity index (χ4v) is 2.65. The first-order valence-corrected chi connectivity index (χ1v) is 10.1. The molecular weight excluding hydrogens is 479 g/mol. The molecule has 29 heavy (non-hydrogen) atoms. The standard InChI is InChI=1S/C21H34N6O.HI/c1-5-6-14-28-15-10-13-22-21(23-16-20-26-25-18(3)27(20)4)24-17(2)19-11-8-7-9-12-19;/h7-9,11-12,17H,5-6,10,13-16H2,1-4H3,(H2,22,23,24);1H. The molecule has 2 N–H and O–H groups in total. The van der Waals surface area contributed by atoms with Gasteiger partial charge in [0.1, 0.15) is 12.4 Å². The van der Waals surface area contributed by atoms with Gasteiger partial charge in [-0.25, -0.2) is 4.99 Å². The van der Waals surface area contributed by atoms with Crippen LogP contribution in [0.15, 0.2) is 35.3 Å². The maximum absolute atomic E-state index is 5.63. The van der Waals surface area contributed by atoms with Gasteiger partial charge in [-0.3, -0.25) is 0 Å². The highest BCUT2D eigenvalue weighted by Crippen LogP contribution is 2.11. The molecule has 0 saturated heterocycles. The Morgan fingerprint density at radius 3 is 2.55 bits per heavy atom. The summed E-state index contributed by atoms with van der Waals surface area (Å²) in [5, 5.41) is 15.2. The summed E-state index contributed by atoms with van der Waals surface area (Å²) in [6, 6.07) is 10.5. The van der Waals surface area contributed by atoms with Crippen LogP contribution in [0.3, 0.4) is 0 Å². The molecule has 8 heteroatoms. The van der Waals surface area contributed by atoms with Gasteiger partial charge in [0.25, 0.3) is 0 Å². The third kappa shape index (κ3) is 9.12. The van der Waals surface area contributed by atoms with Crippen LogP contribution in [0.1, 0.15) is 56.4 Å². The fourth-order valence-electron chi connectivity index (χ4n) is 2.65. The van der Waals surface area contributed by atoms with Gasteiger partial charge in [-0.2, -0.15) is 0 Å². The lowest BCUT2D eigenvalue weighted by molar-refractivity contribution is 0.129. The lowest BCUT2D eigenvalue weighted by atomic mass is 10.1. The van der Waals surface area contributed by atoms with E-state index in [1.54, 1.807) is 0 Å². The number of benzene rings is 1. The molecule has 1 heterocycles. The zero-order valence-corrected chi connectivity index (χ0v) is 20.3. The summed E-state index contributed by atoms with van der Waals surface area (Å²) < 4.78 is 7.59. The zero-order chi connectivity index (χ0) is 20.2. The normalized spacial score (nSPS) is 12.3. The first kappa shape index (κ1) is 25.4. The monoisotopic (exact) mass is 514 g/mol. The summed E-state index contributed by atoms with van der Waals surface area (Å²) in [5.41, 5.74) is 1.22. The van der Waals surface area contributed by atoms with E-state index in [1.807, 2.05) is 36.7 Å². The fraction of sp³-hybridized carbons (Fsp3) is 0.571. The van der Waals surface area contributed by atoms with Crippen LogP contribution in [-0.2, 0) is 18.3 Å². The van der Waals surface area contributed by atoms with Gasteiger partial charge in [0.2, 0.25) is 0 Å². The molecule has 1 aromatic heterocycles. The number of aromatic nitrogens is 3. The Labute approximate surface area is 191 Å². The van der Waals surface area contributed by atoms with Crippen molar-refractivity contribution in [3.8, 4) is 0 Å². The highest BCUT2D eigenvalue weighted by Gasteiger charge is 2.09. The van der Waals surface area contributed by atoms with Gasteiger partial charge in [-0.05, 0) is 32.3 Å². The molecule has 0 saturated carbocycles. The molecule has 2 aromatic rings. The van der Waals surface area contributed by atoms with E-state index in [4.69, 9.17) is 9.73 Å². The first-order chi connectivity index (χ1) is 13.6. The smallest absolute Gasteiger partial charge is 0.192 e. The Morgan fingerprint density at radius 1 is 1.17 bits per heavy atom. The largest absolute Gasteiger partial charge is 0.381 e. The minimum atomic E-state index is 0. The van der Waals surface area contributed by atoms with Gasteiger partial charge in [0.15, 0.2) is 11.8 Å². The van der Waals surface area contributed by atoms with Crippen molar-refractivity contribution in [3.05, 3.63) is 47.5 Å². The number of aliphatic imine (C=N–C) groups is 1. The average Bonchev–Trinajstić information content (AvgIpc) is 3.03. The molecule has 0 radical (unpaired) electrons. The Balaban J connectivity index is 0.00000420. The van der Waals surface area contributed by atoms with E-state index in [9.17, 15) is 0 Å². The maximum Gasteiger partial charge on any atom is 0.192 e. The highest BCUT2D eigenvalue weighted by molar-refractivity contribution is 14.0. The summed E-state index contributed by atoms with van der Waals surface area (Å²) in [6.45, 7) is 9.12. The molecule has 0 fully saturated rings. The van der Waals surface area contributed by atoms with E-state index < -0.39 is 0 Å². The minimum Gasteiger partial charge on any atom is -0.381 e. The van der Waals surface area contributed by atoms with Crippen molar-refractivity contribution in [2.24, 2.45) is 12.0 Å².